The van der Waals surface area contributed by atoms with Gasteiger partial charge in [0.2, 0.25) is 0 Å². The maximum Gasteiger partial charge on any atom is 0.271 e. The highest BCUT2D eigenvalue weighted by molar-refractivity contribution is 9.10. The number of thiazole rings is 1. The van der Waals surface area contributed by atoms with Crippen molar-refractivity contribution in [2.24, 2.45) is 4.99 Å². The van der Waals surface area contributed by atoms with Crippen LogP contribution in [0.2, 0.25) is 0 Å². The first-order chi connectivity index (χ1) is 19.0. The van der Waals surface area contributed by atoms with Crippen molar-refractivity contribution in [1.82, 2.24) is 4.57 Å². The Morgan fingerprint density at radius 1 is 1.03 bits per heavy atom. The van der Waals surface area contributed by atoms with Gasteiger partial charge in [-0.3, -0.25) is 9.36 Å². The third-order valence-corrected chi connectivity index (χ3v) is 8.97. The van der Waals surface area contributed by atoms with Gasteiger partial charge in [0, 0.05) is 21.7 Å². The Morgan fingerprint density at radius 2 is 1.90 bits per heavy atom. The molecule has 192 valence electrons. The highest BCUT2D eigenvalue weighted by Gasteiger charge is 2.32. The fraction of sp³-hybridized carbons (Fsp3) is 0.125. The predicted octanol–water partition coefficient (Wildman–Crippen LogP) is 6.79. The number of fused-ring (bicyclic) bond motifs is 3. The van der Waals surface area contributed by atoms with Crippen LogP contribution in [0.5, 0.6) is 0 Å². The molecule has 0 radical (unpaired) electrons. The molecular formula is C32H22BrFN2O2S. The van der Waals surface area contributed by atoms with E-state index in [0.29, 0.717) is 20.9 Å². The van der Waals surface area contributed by atoms with Crippen LogP contribution in [-0.2, 0) is 6.42 Å². The molecule has 2 aromatic heterocycles. The van der Waals surface area contributed by atoms with Gasteiger partial charge in [-0.1, -0.05) is 69.7 Å². The topological polar surface area (TPSA) is 47.5 Å². The summed E-state index contributed by atoms with van der Waals surface area (Å²) in [7, 11) is 0. The summed E-state index contributed by atoms with van der Waals surface area (Å²) in [6.07, 6.45) is 3.38. The fourth-order valence-corrected chi connectivity index (χ4v) is 7.19. The molecule has 0 fully saturated rings. The van der Waals surface area contributed by atoms with Crippen molar-refractivity contribution in [1.29, 1.82) is 0 Å². The summed E-state index contributed by atoms with van der Waals surface area (Å²) in [5.74, 6) is 0.972. The zero-order chi connectivity index (χ0) is 26.7. The Labute approximate surface area is 236 Å². The second-order valence-corrected chi connectivity index (χ2v) is 11.7. The van der Waals surface area contributed by atoms with Gasteiger partial charge in [-0.25, -0.2) is 9.38 Å². The summed E-state index contributed by atoms with van der Waals surface area (Å²) in [6, 6.07) is 24.2. The van der Waals surface area contributed by atoms with Crippen molar-refractivity contribution in [2.75, 3.05) is 0 Å². The first kappa shape index (κ1) is 24.2. The zero-order valence-electron chi connectivity index (χ0n) is 20.9. The molecule has 7 rings (SSSR count). The van der Waals surface area contributed by atoms with Gasteiger partial charge in [-0.15, -0.1) is 0 Å². The summed E-state index contributed by atoms with van der Waals surface area (Å²) >= 11 is 4.95. The predicted molar refractivity (Wildman–Crippen MR) is 156 cm³/mol. The Kier molecular flexibility index (Phi) is 5.86. The molecule has 1 atom stereocenters. The lowest BCUT2D eigenvalue weighted by Gasteiger charge is -2.30. The summed E-state index contributed by atoms with van der Waals surface area (Å²) in [4.78, 5) is 19.5. The molecule has 0 unspecified atom stereocenters. The first-order valence-electron chi connectivity index (χ1n) is 12.7. The number of aryl methyl sites for hydroxylation is 2. The van der Waals surface area contributed by atoms with E-state index in [9.17, 15) is 9.18 Å². The van der Waals surface area contributed by atoms with E-state index in [4.69, 9.17) is 9.41 Å². The molecule has 0 saturated heterocycles. The number of nitrogens with zero attached hydrogens (tertiary/aromatic N) is 2. The molecule has 0 N–H and O–H groups in total. The first-order valence-corrected chi connectivity index (χ1v) is 14.3. The van der Waals surface area contributed by atoms with Crippen molar-refractivity contribution in [3.8, 4) is 11.3 Å². The Morgan fingerprint density at radius 3 is 2.74 bits per heavy atom. The molecule has 1 aliphatic heterocycles. The molecule has 7 heteroatoms. The average molecular weight is 598 g/mol. The van der Waals surface area contributed by atoms with Crippen LogP contribution in [-0.4, -0.2) is 4.57 Å². The lowest BCUT2D eigenvalue weighted by molar-refractivity contribution is 0.569. The average Bonchev–Trinajstić information content (AvgIpc) is 3.51. The maximum atomic E-state index is 14.4. The molecule has 0 saturated carbocycles. The molecule has 0 bridgehead atoms. The second-order valence-electron chi connectivity index (χ2n) is 9.85. The molecule has 0 amide bonds. The van der Waals surface area contributed by atoms with E-state index < -0.39 is 6.04 Å². The zero-order valence-corrected chi connectivity index (χ0v) is 23.4. The lowest BCUT2D eigenvalue weighted by atomic mass is 9.83. The Balaban J connectivity index is 1.40. The summed E-state index contributed by atoms with van der Waals surface area (Å²) in [5.41, 5.74) is 6.93. The third kappa shape index (κ3) is 4.17. The van der Waals surface area contributed by atoms with E-state index in [0.717, 1.165) is 50.8 Å². The van der Waals surface area contributed by atoms with Crippen LogP contribution in [0.15, 0.2) is 103 Å². The van der Waals surface area contributed by atoms with Gasteiger partial charge >= 0.3 is 0 Å². The molecule has 1 aliphatic carbocycles. The number of furan rings is 1. The van der Waals surface area contributed by atoms with Gasteiger partial charge < -0.3 is 4.42 Å². The van der Waals surface area contributed by atoms with Crippen molar-refractivity contribution < 1.29 is 8.81 Å². The molecule has 3 aromatic carbocycles. The minimum Gasteiger partial charge on any atom is -0.457 e. The van der Waals surface area contributed by atoms with Crippen LogP contribution in [0.1, 0.15) is 40.5 Å². The monoisotopic (exact) mass is 596 g/mol. The second kappa shape index (κ2) is 9.43. The Hall–Kier alpha value is -3.81. The van der Waals surface area contributed by atoms with Crippen LogP contribution in [0, 0.1) is 12.7 Å². The molecular weight excluding hydrogens is 575 g/mol. The summed E-state index contributed by atoms with van der Waals surface area (Å²) in [5, 5.41) is 0. The van der Waals surface area contributed by atoms with Crippen LogP contribution in [0.25, 0.3) is 23.1 Å². The van der Waals surface area contributed by atoms with E-state index >= 15 is 0 Å². The molecule has 4 nitrogen and oxygen atoms in total. The molecule has 5 aromatic rings. The third-order valence-electron chi connectivity index (χ3n) is 7.33. The summed E-state index contributed by atoms with van der Waals surface area (Å²) in [6.45, 7) is 2.04. The molecule has 3 heterocycles. The van der Waals surface area contributed by atoms with Crippen molar-refractivity contribution in [3.05, 3.63) is 142 Å². The minimum absolute atomic E-state index is 0.159. The standard InChI is InChI=1S/C32H22BrFN2O2S/c1-18-9-12-24(26(33)15-18)27-14-11-22(38-27)17-28-31(37)36-30(20-6-4-7-21(34)16-20)25-13-10-19-5-2-3-8-23(19)29(25)35-32(36)39-28/h2-9,11-12,14-17,30H,10,13H2,1H3/b28-17+/t30-/m0/s1. The van der Waals surface area contributed by atoms with Crippen LogP contribution < -0.4 is 14.9 Å². The van der Waals surface area contributed by atoms with E-state index in [1.807, 2.05) is 55.5 Å². The molecule has 0 spiro atoms. The van der Waals surface area contributed by atoms with Crippen molar-refractivity contribution in [3.63, 3.8) is 0 Å². The number of hydrogen-bond acceptors (Lipinski definition) is 4. The number of halogens is 2. The minimum atomic E-state index is -0.418. The van der Waals surface area contributed by atoms with Crippen molar-refractivity contribution in [2.45, 2.75) is 25.8 Å². The van der Waals surface area contributed by atoms with Gasteiger partial charge in [-0.05, 0) is 78.4 Å². The number of aromatic nitrogens is 1. The van der Waals surface area contributed by atoms with Crippen LogP contribution in [0.3, 0.4) is 0 Å². The van der Waals surface area contributed by atoms with E-state index in [-0.39, 0.29) is 11.4 Å². The van der Waals surface area contributed by atoms with E-state index in [1.54, 1.807) is 16.7 Å². The smallest absolute Gasteiger partial charge is 0.271 e. The van der Waals surface area contributed by atoms with Gasteiger partial charge in [0.15, 0.2) is 4.80 Å². The normalized spacial score (nSPS) is 16.5. The van der Waals surface area contributed by atoms with Gasteiger partial charge in [0.25, 0.3) is 5.56 Å². The fourth-order valence-electron chi connectivity index (χ4n) is 5.52. The van der Waals surface area contributed by atoms with Crippen molar-refractivity contribution >= 4 is 39.0 Å². The maximum absolute atomic E-state index is 14.4. The quantitative estimate of drug-likeness (QED) is 0.230. The largest absolute Gasteiger partial charge is 0.457 e. The molecule has 39 heavy (non-hydrogen) atoms. The molecule has 2 aliphatic rings. The van der Waals surface area contributed by atoms with Crippen LogP contribution >= 0.6 is 27.3 Å². The SMILES string of the molecule is Cc1ccc(-c2ccc(/C=c3/sc4n(c3=O)[C@@H](c3cccc(F)c3)C3=C(N=4)c4ccccc4CC3)o2)c(Br)c1. The highest BCUT2D eigenvalue weighted by Crippen LogP contribution is 2.41. The number of benzene rings is 3. The summed E-state index contributed by atoms with van der Waals surface area (Å²) < 4.78 is 23.7. The lowest BCUT2D eigenvalue weighted by Crippen LogP contribution is -2.38. The van der Waals surface area contributed by atoms with Gasteiger partial charge in [-0.2, -0.15) is 0 Å². The number of hydrogen-bond donors (Lipinski definition) is 0. The van der Waals surface area contributed by atoms with E-state index in [2.05, 4.69) is 28.1 Å². The van der Waals surface area contributed by atoms with E-state index in [1.165, 1.54) is 29.0 Å². The number of allylic oxidation sites excluding steroid dienone is 1. The highest BCUT2D eigenvalue weighted by atomic mass is 79.9. The van der Waals surface area contributed by atoms with Gasteiger partial charge in [0.05, 0.1) is 16.3 Å². The van der Waals surface area contributed by atoms with Crippen LogP contribution in [0.4, 0.5) is 4.39 Å². The Bertz CT molecular complexity index is 2000. The number of rotatable bonds is 3. The van der Waals surface area contributed by atoms with Gasteiger partial charge in [0.1, 0.15) is 17.3 Å².